The molecule has 0 fully saturated rings. The predicted octanol–water partition coefficient (Wildman–Crippen LogP) is 3.75. The monoisotopic (exact) mass is 264 g/mol. The number of hydrogen-bond acceptors (Lipinski definition) is 3. The third kappa shape index (κ3) is 6.97. The van der Waals surface area contributed by atoms with Gasteiger partial charge in [-0.1, -0.05) is 18.6 Å². The summed E-state index contributed by atoms with van der Waals surface area (Å²) in [4.78, 5) is 10.8. The van der Waals surface area contributed by atoms with Crippen LogP contribution in [0.2, 0.25) is 0 Å². The highest BCUT2D eigenvalue weighted by atomic mass is 16.5. The van der Waals surface area contributed by atoms with E-state index in [1.54, 1.807) is 14.0 Å². The number of ketones is 1. The van der Waals surface area contributed by atoms with E-state index in [0.717, 1.165) is 30.6 Å². The van der Waals surface area contributed by atoms with Gasteiger partial charge >= 0.3 is 0 Å². The minimum Gasteiger partial charge on any atom is -0.497 e. The highest BCUT2D eigenvalue weighted by Crippen LogP contribution is 2.14. The number of methoxy groups -OCH3 is 1. The Morgan fingerprint density at radius 1 is 1.21 bits per heavy atom. The van der Waals surface area contributed by atoms with Crippen LogP contribution in [-0.4, -0.2) is 19.0 Å². The summed E-state index contributed by atoms with van der Waals surface area (Å²) in [5.41, 5.74) is 1.15. The third-order valence-corrected chi connectivity index (χ3v) is 3.08. The summed E-state index contributed by atoms with van der Waals surface area (Å²) in [7, 11) is 1.66. The lowest BCUT2D eigenvalue weighted by Crippen LogP contribution is -2.08. The molecule has 19 heavy (non-hydrogen) atoms. The Labute approximate surface area is 115 Å². The second-order valence-corrected chi connectivity index (χ2v) is 4.92. The Hall–Kier alpha value is -1.35. The minimum absolute atomic E-state index is 0.231. The zero-order chi connectivity index (χ0) is 14.1. The van der Waals surface area contributed by atoms with Crippen molar-refractivity contribution < 1.29 is 14.3 Å². The zero-order valence-corrected chi connectivity index (χ0v) is 12.1. The van der Waals surface area contributed by atoms with E-state index in [-0.39, 0.29) is 11.9 Å². The fourth-order valence-electron chi connectivity index (χ4n) is 1.85. The van der Waals surface area contributed by atoms with Gasteiger partial charge in [-0.05, 0) is 44.4 Å². The van der Waals surface area contributed by atoms with E-state index in [1.807, 2.05) is 24.3 Å². The van der Waals surface area contributed by atoms with Crippen LogP contribution in [-0.2, 0) is 16.1 Å². The van der Waals surface area contributed by atoms with E-state index in [0.29, 0.717) is 13.0 Å². The van der Waals surface area contributed by atoms with E-state index >= 15 is 0 Å². The molecule has 1 aromatic carbocycles. The average molecular weight is 264 g/mol. The highest BCUT2D eigenvalue weighted by molar-refractivity contribution is 5.75. The quantitative estimate of drug-likeness (QED) is 0.637. The van der Waals surface area contributed by atoms with Crippen LogP contribution < -0.4 is 4.74 Å². The van der Waals surface area contributed by atoms with Crippen molar-refractivity contribution in [3.63, 3.8) is 0 Å². The lowest BCUT2D eigenvalue weighted by atomic mass is 10.1. The van der Waals surface area contributed by atoms with Gasteiger partial charge in [-0.15, -0.1) is 0 Å². The Morgan fingerprint density at radius 3 is 2.47 bits per heavy atom. The van der Waals surface area contributed by atoms with Crippen molar-refractivity contribution in [1.29, 1.82) is 0 Å². The third-order valence-electron chi connectivity index (χ3n) is 3.08. The molecule has 0 saturated heterocycles. The maximum absolute atomic E-state index is 10.8. The first kappa shape index (κ1) is 15.7. The van der Waals surface area contributed by atoms with Crippen molar-refractivity contribution in [3.05, 3.63) is 29.8 Å². The highest BCUT2D eigenvalue weighted by Gasteiger charge is 2.03. The molecule has 0 aliphatic carbocycles. The summed E-state index contributed by atoms with van der Waals surface area (Å²) in [6, 6.07) is 7.91. The molecule has 1 atom stereocenters. The van der Waals surface area contributed by atoms with E-state index in [1.165, 1.54) is 0 Å². The lowest BCUT2D eigenvalue weighted by molar-refractivity contribution is -0.117. The maximum atomic E-state index is 10.8. The molecule has 0 saturated carbocycles. The van der Waals surface area contributed by atoms with Gasteiger partial charge in [0.15, 0.2) is 0 Å². The first-order valence-electron chi connectivity index (χ1n) is 6.85. The molecule has 0 aliphatic rings. The van der Waals surface area contributed by atoms with E-state index in [9.17, 15) is 4.79 Å². The number of rotatable bonds is 9. The van der Waals surface area contributed by atoms with Crippen molar-refractivity contribution in [3.8, 4) is 5.75 Å². The van der Waals surface area contributed by atoms with Crippen LogP contribution in [0.1, 0.15) is 45.1 Å². The SMILES string of the molecule is COc1ccc(CO[C@@H](C)CCCCC(C)=O)cc1. The van der Waals surface area contributed by atoms with Gasteiger partial charge in [0, 0.05) is 6.42 Å². The molecular formula is C16H24O3. The summed E-state index contributed by atoms with van der Waals surface area (Å²) in [5.74, 6) is 1.13. The van der Waals surface area contributed by atoms with Gasteiger partial charge < -0.3 is 14.3 Å². The number of unbranched alkanes of at least 4 members (excludes halogenated alkanes) is 1. The number of Topliss-reactive ketones (excluding diaryl/α,β-unsaturated/α-hetero) is 1. The van der Waals surface area contributed by atoms with E-state index in [4.69, 9.17) is 9.47 Å². The largest absolute Gasteiger partial charge is 0.497 e. The van der Waals surface area contributed by atoms with Gasteiger partial charge in [0.25, 0.3) is 0 Å². The Morgan fingerprint density at radius 2 is 1.89 bits per heavy atom. The van der Waals surface area contributed by atoms with Crippen LogP contribution in [0.15, 0.2) is 24.3 Å². The molecular weight excluding hydrogens is 240 g/mol. The predicted molar refractivity (Wildman–Crippen MR) is 76.4 cm³/mol. The summed E-state index contributed by atoms with van der Waals surface area (Å²) >= 11 is 0. The van der Waals surface area contributed by atoms with Crippen molar-refractivity contribution in [2.45, 2.75) is 52.2 Å². The van der Waals surface area contributed by atoms with Crippen molar-refractivity contribution >= 4 is 5.78 Å². The summed E-state index contributed by atoms with van der Waals surface area (Å²) < 4.78 is 10.9. The smallest absolute Gasteiger partial charge is 0.129 e. The molecule has 0 amide bonds. The van der Waals surface area contributed by atoms with Gasteiger partial charge in [0.2, 0.25) is 0 Å². The van der Waals surface area contributed by atoms with Crippen molar-refractivity contribution in [1.82, 2.24) is 0 Å². The second kappa shape index (κ2) is 8.70. The van der Waals surface area contributed by atoms with Gasteiger partial charge in [0.05, 0.1) is 19.8 Å². The van der Waals surface area contributed by atoms with Crippen LogP contribution in [0.5, 0.6) is 5.75 Å². The van der Waals surface area contributed by atoms with Crippen LogP contribution >= 0.6 is 0 Å². The molecule has 0 unspecified atom stereocenters. The van der Waals surface area contributed by atoms with Crippen molar-refractivity contribution in [2.75, 3.05) is 7.11 Å². The Balaban J connectivity index is 2.18. The fraction of sp³-hybridized carbons (Fsp3) is 0.562. The van der Waals surface area contributed by atoms with Crippen LogP contribution in [0.25, 0.3) is 0 Å². The number of benzene rings is 1. The van der Waals surface area contributed by atoms with Crippen LogP contribution in [0.3, 0.4) is 0 Å². The molecule has 3 heteroatoms. The summed E-state index contributed by atoms with van der Waals surface area (Å²) in [6.07, 6.45) is 3.93. The van der Waals surface area contributed by atoms with E-state index < -0.39 is 0 Å². The Kier molecular flexibility index (Phi) is 7.19. The summed E-state index contributed by atoms with van der Waals surface area (Å²) in [6.45, 7) is 4.35. The minimum atomic E-state index is 0.231. The standard InChI is InChI=1S/C16H24O3/c1-13(17)6-4-5-7-14(2)19-12-15-8-10-16(18-3)11-9-15/h8-11,14H,4-7,12H2,1-3H3/t14-/m0/s1. The second-order valence-electron chi connectivity index (χ2n) is 4.92. The molecule has 0 heterocycles. The van der Waals surface area contributed by atoms with E-state index in [2.05, 4.69) is 6.92 Å². The lowest BCUT2D eigenvalue weighted by Gasteiger charge is -2.13. The first-order valence-corrected chi connectivity index (χ1v) is 6.85. The number of carbonyl (C=O) groups excluding carboxylic acids is 1. The number of carbonyl (C=O) groups is 1. The van der Waals surface area contributed by atoms with Gasteiger partial charge in [-0.3, -0.25) is 0 Å². The molecule has 0 aromatic heterocycles. The molecule has 0 spiro atoms. The first-order chi connectivity index (χ1) is 9.11. The normalized spacial score (nSPS) is 12.2. The molecule has 106 valence electrons. The molecule has 3 nitrogen and oxygen atoms in total. The Bertz CT molecular complexity index is 370. The molecule has 1 aromatic rings. The van der Waals surface area contributed by atoms with Crippen LogP contribution in [0, 0.1) is 0 Å². The van der Waals surface area contributed by atoms with Crippen molar-refractivity contribution in [2.24, 2.45) is 0 Å². The van der Waals surface area contributed by atoms with Gasteiger partial charge in [-0.2, -0.15) is 0 Å². The maximum Gasteiger partial charge on any atom is 0.129 e. The van der Waals surface area contributed by atoms with Crippen LogP contribution in [0.4, 0.5) is 0 Å². The molecule has 0 N–H and O–H groups in total. The average Bonchev–Trinajstić information content (AvgIpc) is 2.41. The van der Waals surface area contributed by atoms with Gasteiger partial charge in [-0.25, -0.2) is 0 Å². The molecule has 0 bridgehead atoms. The number of ether oxygens (including phenoxy) is 2. The fourth-order valence-corrected chi connectivity index (χ4v) is 1.85. The number of hydrogen-bond donors (Lipinski definition) is 0. The molecule has 0 aliphatic heterocycles. The molecule has 0 radical (unpaired) electrons. The zero-order valence-electron chi connectivity index (χ0n) is 12.1. The topological polar surface area (TPSA) is 35.5 Å². The molecule has 1 rings (SSSR count). The van der Waals surface area contributed by atoms with Gasteiger partial charge in [0.1, 0.15) is 11.5 Å². The summed E-state index contributed by atoms with van der Waals surface area (Å²) in [5, 5.41) is 0.